The molecule has 1 fully saturated rings. The number of nitrogens with zero attached hydrogens (tertiary/aromatic N) is 3. The van der Waals surface area contributed by atoms with Crippen LogP contribution in [-0.2, 0) is 22.5 Å². The zero-order valence-corrected chi connectivity index (χ0v) is 14.4. The number of hydrogen-bond donors (Lipinski definition) is 0. The number of amides is 1. The highest BCUT2D eigenvalue weighted by Gasteiger charge is 2.34. The number of carbonyl (C=O) groups excluding carboxylic acids is 1. The maximum atomic E-state index is 13.3. The lowest BCUT2D eigenvalue weighted by molar-refractivity contribution is -0.140. The summed E-state index contributed by atoms with van der Waals surface area (Å²) in [5, 5.41) is 2.12. The van der Waals surface area contributed by atoms with Crippen molar-refractivity contribution >= 4 is 17.2 Å². The van der Waals surface area contributed by atoms with Gasteiger partial charge in [-0.15, -0.1) is 11.3 Å². The number of carbonyl (C=O) groups is 1. The Morgan fingerprint density at radius 1 is 1.25 bits per heavy atom. The Labute approximate surface area is 145 Å². The highest BCUT2D eigenvalue weighted by Crippen LogP contribution is 2.29. The Hall–Kier alpha value is -1.76. The third-order valence-electron chi connectivity index (χ3n) is 4.76. The summed E-state index contributed by atoms with van der Waals surface area (Å²) in [6.07, 6.45) is 4.53. The molecule has 1 amide bonds. The van der Waals surface area contributed by atoms with Crippen LogP contribution in [0, 0.1) is 0 Å². The first kappa shape index (κ1) is 15.7. The van der Waals surface area contributed by atoms with Crippen LogP contribution < -0.4 is 0 Å². The van der Waals surface area contributed by atoms with E-state index in [-0.39, 0.29) is 11.9 Å². The molecule has 2 aromatic rings. The van der Waals surface area contributed by atoms with Crippen molar-refractivity contribution in [2.45, 2.75) is 19.0 Å². The quantitative estimate of drug-likeness (QED) is 0.856. The molecule has 0 aromatic carbocycles. The molecule has 1 atom stereocenters. The van der Waals surface area contributed by atoms with Gasteiger partial charge in [-0.1, -0.05) is 6.07 Å². The van der Waals surface area contributed by atoms with Crippen LogP contribution in [0.5, 0.6) is 0 Å². The number of ether oxygens (including phenoxy) is 1. The summed E-state index contributed by atoms with van der Waals surface area (Å²) < 4.78 is 5.47. The average Bonchev–Trinajstić information content (AvgIpc) is 3.11. The second-order valence-corrected chi connectivity index (χ2v) is 7.22. The Kier molecular flexibility index (Phi) is 4.60. The Bertz CT molecular complexity index is 697. The van der Waals surface area contributed by atoms with Gasteiger partial charge in [-0.3, -0.25) is 14.7 Å². The predicted octanol–water partition coefficient (Wildman–Crippen LogP) is 2.10. The third-order valence-corrected chi connectivity index (χ3v) is 5.79. The molecule has 4 rings (SSSR count). The maximum absolute atomic E-state index is 13.3. The molecule has 126 valence electrons. The van der Waals surface area contributed by atoms with Crippen LogP contribution in [0.15, 0.2) is 36.0 Å². The van der Waals surface area contributed by atoms with E-state index in [1.54, 1.807) is 17.5 Å². The van der Waals surface area contributed by atoms with Crippen molar-refractivity contribution in [3.8, 4) is 0 Å². The molecular weight excluding hydrogens is 322 g/mol. The zero-order valence-electron chi connectivity index (χ0n) is 13.6. The normalized spacial score (nSPS) is 19.8. The second kappa shape index (κ2) is 7.01. The van der Waals surface area contributed by atoms with E-state index in [2.05, 4.69) is 21.3 Å². The molecule has 5 nitrogen and oxygen atoms in total. The largest absolute Gasteiger partial charge is 0.379 e. The van der Waals surface area contributed by atoms with Crippen LogP contribution in [0.2, 0.25) is 0 Å². The topological polar surface area (TPSA) is 45.7 Å². The van der Waals surface area contributed by atoms with E-state index in [0.717, 1.165) is 38.2 Å². The Morgan fingerprint density at radius 3 is 2.92 bits per heavy atom. The molecular formula is C18H21N3O2S. The molecule has 0 spiro atoms. The van der Waals surface area contributed by atoms with Gasteiger partial charge in [0.2, 0.25) is 5.91 Å². The van der Waals surface area contributed by atoms with Crippen molar-refractivity contribution in [2.75, 3.05) is 32.8 Å². The third kappa shape index (κ3) is 3.09. The van der Waals surface area contributed by atoms with E-state index >= 15 is 0 Å². The van der Waals surface area contributed by atoms with Crippen molar-refractivity contribution in [3.05, 3.63) is 52.0 Å². The number of morpholine rings is 1. The predicted molar refractivity (Wildman–Crippen MR) is 92.8 cm³/mol. The lowest BCUT2D eigenvalue weighted by Crippen LogP contribution is -2.48. The summed E-state index contributed by atoms with van der Waals surface area (Å²) in [6, 6.07) is 5.80. The van der Waals surface area contributed by atoms with Crippen molar-refractivity contribution < 1.29 is 9.53 Å². The molecule has 0 saturated carbocycles. The first-order valence-corrected chi connectivity index (χ1v) is 9.26. The molecule has 2 aromatic heterocycles. The van der Waals surface area contributed by atoms with Gasteiger partial charge in [0.15, 0.2) is 0 Å². The van der Waals surface area contributed by atoms with Crippen LogP contribution >= 0.6 is 11.3 Å². The SMILES string of the molecule is O=C(C(c1cccnc1)N1CCOCC1)N1CCc2sccc2C1. The van der Waals surface area contributed by atoms with Crippen LogP contribution in [0.1, 0.15) is 22.0 Å². The average molecular weight is 343 g/mol. The minimum absolute atomic E-state index is 0.182. The Morgan fingerprint density at radius 2 is 2.12 bits per heavy atom. The number of pyridine rings is 1. The first-order chi connectivity index (χ1) is 11.8. The monoisotopic (exact) mass is 343 g/mol. The number of fused-ring (bicyclic) bond motifs is 1. The van der Waals surface area contributed by atoms with Gasteiger partial charge in [0.25, 0.3) is 0 Å². The number of rotatable bonds is 3. The smallest absolute Gasteiger partial charge is 0.244 e. The fourth-order valence-electron chi connectivity index (χ4n) is 3.49. The van der Waals surface area contributed by atoms with Gasteiger partial charge >= 0.3 is 0 Å². The van der Waals surface area contributed by atoms with Crippen LogP contribution in [-0.4, -0.2) is 53.5 Å². The first-order valence-electron chi connectivity index (χ1n) is 8.38. The molecule has 2 aliphatic rings. The molecule has 1 saturated heterocycles. The number of aromatic nitrogens is 1. The molecule has 0 N–H and O–H groups in total. The standard InChI is InChI=1S/C18H21N3O2S/c22-18(21-6-3-16-15(13-21)4-11-24-16)17(14-2-1-5-19-12-14)20-7-9-23-10-8-20/h1-2,4-5,11-12,17H,3,6-10,13H2. The molecule has 4 heterocycles. The van der Waals surface area contributed by atoms with Gasteiger partial charge in [0.05, 0.1) is 13.2 Å². The van der Waals surface area contributed by atoms with Crippen LogP contribution in [0.25, 0.3) is 0 Å². The van der Waals surface area contributed by atoms with Gasteiger partial charge < -0.3 is 9.64 Å². The number of hydrogen-bond acceptors (Lipinski definition) is 5. The van der Waals surface area contributed by atoms with Gasteiger partial charge in [-0.05, 0) is 35.1 Å². The van der Waals surface area contributed by atoms with Crippen molar-refractivity contribution in [1.82, 2.24) is 14.8 Å². The lowest BCUT2D eigenvalue weighted by Gasteiger charge is -2.37. The molecule has 6 heteroatoms. The van der Waals surface area contributed by atoms with E-state index in [0.29, 0.717) is 13.2 Å². The minimum atomic E-state index is -0.261. The molecule has 0 bridgehead atoms. The highest BCUT2D eigenvalue weighted by atomic mass is 32.1. The fraction of sp³-hybridized carbons (Fsp3) is 0.444. The summed E-state index contributed by atoms with van der Waals surface area (Å²) >= 11 is 1.80. The lowest BCUT2D eigenvalue weighted by atomic mass is 10.0. The molecule has 1 unspecified atom stereocenters. The number of thiophene rings is 1. The van der Waals surface area contributed by atoms with Gasteiger partial charge in [-0.25, -0.2) is 0 Å². The molecule has 0 aliphatic carbocycles. The van der Waals surface area contributed by atoms with Crippen LogP contribution in [0.4, 0.5) is 0 Å². The summed E-state index contributed by atoms with van der Waals surface area (Å²) in [4.78, 5) is 23.2. The van der Waals surface area contributed by atoms with Gasteiger partial charge in [0, 0.05) is 43.4 Å². The molecule has 0 radical (unpaired) electrons. The molecule has 24 heavy (non-hydrogen) atoms. The van der Waals surface area contributed by atoms with Gasteiger partial charge in [0.1, 0.15) is 6.04 Å². The van der Waals surface area contributed by atoms with E-state index in [9.17, 15) is 4.79 Å². The minimum Gasteiger partial charge on any atom is -0.379 e. The summed E-state index contributed by atoms with van der Waals surface area (Å²) in [7, 11) is 0. The fourth-order valence-corrected chi connectivity index (χ4v) is 4.38. The van der Waals surface area contributed by atoms with E-state index in [4.69, 9.17) is 4.74 Å². The second-order valence-electron chi connectivity index (χ2n) is 6.22. The maximum Gasteiger partial charge on any atom is 0.244 e. The van der Waals surface area contributed by atoms with Crippen LogP contribution in [0.3, 0.4) is 0 Å². The van der Waals surface area contributed by atoms with Gasteiger partial charge in [-0.2, -0.15) is 0 Å². The summed E-state index contributed by atoms with van der Waals surface area (Å²) in [5.41, 5.74) is 2.27. The highest BCUT2D eigenvalue weighted by molar-refractivity contribution is 7.10. The van der Waals surface area contributed by atoms with E-state index in [1.165, 1.54) is 10.4 Å². The summed E-state index contributed by atoms with van der Waals surface area (Å²) in [6.45, 7) is 4.44. The molecule has 2 aliphatic heterocycles. The van der Waals surface area contributed by atoms with Crippen molar-refractivity contribution in [2.24, 2.45) is 0 Å². The zero-order chi connectivity index (χ0) is 16.4. The summed E-state index contributed by atoms with van der Waals surface area (Å²) in [5.74, 6) is 0.182. The Balaban J connectivity index is 1.59. The van der Waals surface area contributed by atoms with Crippen molar-refractivity contribution in [3.63, 3.8) is 0 Å². The van der Waals surface area contributed by atoms with E-state index in [1.807, 2.05) is 23.2 Å². The van der Waals surface area contributed by atoms with Crippen molar-refractivity contribution in [1.29, 1.82) is 0 Å². The van der Waals surface area contributed by atoms with E-state index < -0.39 is 0 Å².